The number of rotatable bonds is 8. The summed E-state index contributed by atoms with van der Waals surface area (Å²) >= 11 is 0. The molecule has 1 saturated carbocycles. The number of hydrogen-bond donors (Lipinski definition) is 2. The van der Waals surface area contributed by atoms with E-state index in [1.54, 1.807) is 11.4 Å². The smallest absolute Gasteiger partial charge is 0.280 e. The lowest BCUT2D eigenvalue weighted by atomic mass is 9.90. The predicted molar refractivity (Wildman–Crippen MR) is 80.7 cm³/mol. The summed E-state index contributed by atoms with van der Waals surface area (Å²) in [6.07, 6.45) is 6.11. The van der Waals surface area contributed by atoms with Crippen molar-refractivity contribution in [1.82, 2.24) is 9.03 Å². The zero-order valence-electron chi connectivity index (χ0n) is 12.7. The van der Waals surface area contributed by atoms with Crippen LogP contribution < -0.4 is 10.5 Å². The van der Waals surface area contributed by atoms with Crippen LogP contribution in [-0.4, -0.2) is 51.6 Å². The van der Waals surface area contributed by atoms with Gasteiger partial charge in [0.2, 0.25) is 0 Å². The molecule has 0 saturated heterocycles. The second kappa shape index (κ2) is 8.29. The Morgan fingerprint density at radius 2 is 1.85 bits per heavy atom. The van der Waals surface area contributed by atoms with E-state index in [0.29, 0.717) is 19.7 Å². The number of nitrogens with one attached hydrogen (secondary N) is 1. The molecular formula is C13H29N3O3S. The highest BCUT2D eigenvalue weighted by molar-refractivity contribution is 7.87. The molecule has 1 aliphatic carbocycles. The molecule has 1 rings (SSSR count). The van der Waals surface area contributed by atoms with Crippen LogP contribution in [0, 0.1) is 0 Å². The van der Waals surface area contributed by atoms with Gasteiger partial charge in [-0.25, -0.2) is 0 Å². The molecule has 1 aliphatic rings. The lowest BCUT2D eigenvalue weighted by Gasteiger charge is -2.41. The van der Waals surface area contributed by atoms with Crippen LogP contribution >= 0.6 is 0 Å². The fourth-order valence-electron chi connectivity index (χ4n) is 3.05. The van der Waals surface area contributed by atoms with E-state index in [9.17, 15) is 8.42 Å². The van der Waals surface area contributed by atoms with Crippen LogP contribution in [0.25, 0.3) is 0 Å². The van der Waals surface area contributed by atoms with E-state index >= 15 is 0 Å². The highest BCUT2D eigenvalue weighted by Crippen LogP contribution is 2.33. The normalized spacial score (nSPS) is 20.0. The van der Waals surface area contributed by atoms with Gasteiger partial charge in [0.25, 0.3) is 10.2 Å². The van der Waals surface area contributed by atoms with Crippen molar-refractivity contribution in [3.63, 3.8) is 0 Å². The number of ether oxygens (including phenoxy) is 1. The standard InChI is InChI=1S/C13H29N3O3S/c1-3-16(20(17,18)15-10-11-19-2)13(12-14)8-6-4-5-7-9-13/h15H,3-12,14H2,1-2H3. The van der Waals surface area contributed by atoms with Gasteiger partial charge in [0.1, 0.15) is 0 Å². The van der Waals surface area contributed by atoms with Crippen LogP contribution in [0.15, 0.2) is 0 Å². The highest BCUT2D eigenvalue weighted by Gasteiger charge is 2.41. The van der Waals surface area contributed by atoms with Crippen molar-refractivity contribution in [3.8, 4) is 0 Å². The molecule has 20 heavy (non-hydrogen) atoms. The number of nitrogens with two attached hydrogens (primary N) is 1. The summed E-state index contributed by atoms with van der Waals surface area (Å²) in [5.41, 5.74) is 5.55. The summed E-state index contributed by atoms with van der Waals surface area (Å²) in [6.45, 7) is 3.35. The van der Waals surface area contributed by atoms with Gasteiger partial charge in [0.05, 0.1) is 6.61 Å². The van der Waals surface area contributed by atoms with E-state index in [1.165, 1.54) is 0 Å². The van der Waals surface area contributed by atoms with Gasteiger partial charge in [0, 0.05) is 32.3 Å². The predicted octanol–water partition coefficient (Wildman–Crippen LogP) is 0.841. The molecule has 0 bridgehead atoms. The maximum Gasteiger partial charge on any atom is 0.280 e. The van der Waals surface area contributed by atoms with Crippen LogP contribution in [0.4, 0.5) is 0 Å². The summed E-state index contributed by atoms with van der Waals surface area (Å²) in [7, 11) is -1.95. The van der Waals surface area contributed by atoms with E-state index in [4.69, 9.17) is 10.5 Å². The van der Waals surface area contributed by atoms with E-state index < -0.39 is 15.7 Å². The van der Waals surface area contributed by atoms with Crippen LogP contribution in [0.1, 0.15) is 45.4 Å². The average Bonchev–Trinajstić information content (AvgIpc) is 2.66. The number of nitrogens with zero attached hydrogens (tertiary/aromatic N) is 1. The van der Waals surface area contributed by atoms with Crippen LogP contribution in [-0.2, 0) is 14.9 Å². The Morgan fingerprint density at radius 1 is 1.25 bits per heavy atom. The first kappa shape index (κ1) is 17.8. The van der Waals surface area contributed by atoms with Gasteiger partial charge >= 0.3 is 0 Å². The summed E-state index contributed by atoms with van der Waals surface area (Å²) < 4.78 is 34.1. The molecule has 0 amide bonds. The molecule has 0 unspecified atom stereocenters. The number of hydrogen-bond acceptors (Lipinski definition) is 4. The van der Waals surface area contributed by atoms with Gasteiger partial charge in [-0.1, -0.05) is 32.6 Å². The number of likely N-dealkylation sites (N-methyl/N-ethyl adjacent to an activating group) is 1. The quantitative estimate of drug-likeness (QED) is 0.514. The van der Waals surface area contributed by atoms with Crippen molar-refractivity contribution in [3.05, 3.63) is 0 Å². The zero-order valence-corrected chi connectivity index (χ0v) is 13.5. The first-order chi connectivity index (χ1) is 9.52. The third kappa shape index (κ3) is 4.39. The molecule has 0 aromatic heterocycles. The second-order valence-electron chi connectivity index (χ2n) is 5.40. The van der Waals surface area contributed by atoms with Crippen molar-refractivity contribution in [2.75, 3.05) is 33.4 Å². The summed E-state index contributed by atoms with van der Waals surface area (Å²) in [4.78, 5) is 0. The van der Waals surface area contributed by atoms with Gasteiger partial charge in [-0.15, -0.1) is 0 Å². The molecule has 120 valence electrons. The maximum absolute atomic E-state index is 12.5. The SMILES string of the molecule is CCN(C1(CN)CCCCCC1)S(=O)(=O)NCCOC. The largest absolute Gasteiger partial charge is 0.383 e. The monoisotopic (exact) mass is 307 g/mol. The van der Waals surface area contributed by atoms with Crippen molar-refractivity contribution in [2.24, 2.45) is 5.73 Å². The minimum absolute atomic E-state index is 0.288. The third-order valence-corrected chi connectivity index (χ3v) is 5.91. The molecule has 0 atom stereocenters. The van der Waals surface area contributed by atoms with Crippen molar-refractivity contribution >= 4 is 10.2 Å². The Kier molecular flexibility index (Phi) is 7.39. The summed E-state index contributed by atoms with van der Waals surface area (Å²) in [5.74, 6) is 0. The molecule has 0 spiro atoms. The molecule has 0 radical (unpaired) electrons. The minimum Gasteiger partial charge on any atom is -0.383 e. The molecule has 7 heteroatoms. The van der Waals surface area contributed by atoms with Gasteiger partial charge in [-0.05, 0) is 12.8 Å². The molecule has 0 aromatic carbocycles. The number of methoxy groups -OCH3 is 1. The van der Waals surface area contributed by atoms with Gasteiger partial charge in [-0.3, -0.25) is 0 Å². The van der Waals surface area contributed by atoms with E-state index in [2.05, 4.69) is 4.72 Å². The van der Waals surface area contributed by atoms with E-state index in [0.717, 1.165) is 38.5 Å². The Morgan fingerprint density at radius 3 is 2.30 bits per heavy atom. The molecule has 0 aliphatic heterocycles. The topological polar surface area (TPSA) is 84.7 Å². The Hall–Kier alpha value is -0.210. The maximum atomic E-state index is 12.5. The molecular weight excluding hydrogens is 278 g/mol. The summed E-state index contributed by atoms with van der Waals surface area (Å²) in [5, 5.41) is 0. The Balaban J connectivity index is 2.89. The highest BCUT2D eigenvalue weighted by atomic mass is 32.2. The van der Waals surface area contributed by atoms with Crippen molar-refractivity contribution in [1.29, 1.82) is 0 Å². The molecule has 0 aromatic rings. The van der Waals surface area contributed by atoms with Crippen molar-refractivity contribution in [2.45, 2.75) is 51.0 Å². The fraction of sp³-hybridized carbons (Fsp3) is 1.00. The van der Waals surface area contributed by atoms with Gasteiger partial charge in [0.15, 0.2) is 0 Å². The minimum atomic E-state index is -3.51. The van der Waals surface area contributed by atoms with Crippen LogP contribution in [0.5, 0.6) is 0 Å². The molecule has 6 nitrogen and oxygen atoms in total. The second-order valence-corrected chi connectivity index (χ2v) is 7.08. The Labute approximate surface area is 123 Å². The fourth-order valence-corrected chi connectivity index (χ4v) is 4.66. The zero-order chi connectivity index (χ0) is 15.1. The van der Waals surface area contributed by atoms with Crippen LogP contribution in [0.3, 0.4) is 0 Å². The Bertz CT molecular complexity index is 365. The lowest BCUT2D eigenvalue weighted by molar-refractivity contribution is 0.169. The molecule has 0 heterocycles. The summed E-state index contributed by atoms with van der Waals surface area (Å²) in [6, 6.07) is 0. The van der Waals surface area contributed by atoms with E-state index in [-0.39, 0.29) is 6.54 Å². The average molecular weight is 307 g/mol. The third-order valence-electron chi connectivity index (χ3n) is 4.11. The first-order valence-electron chi connectivity index (χ1n) is 7.49. The molecule has 1 fully saturated rings. The van der Waals surface area contributed by atoms with E-state index in [1.807, 2.05) is 6.92 Å². The lowest BCUT2D eigenvalue weighted by Crippen LogP contribution is -2.59. The van der Waals surface area contributed by atoms with Crippen molar-refractivity contribution < 1.29 is 13.2 Å². The van der Waals surface area contributed by atoms with Gasteiger partial charge in [-0.2, -0.15) is 17.4 Å². The van der Waals surface area contributed by atoms with Gasteiger partial charge < -0.3 is 10.5 Å². The molecule has 3 N–H and O–H groups in total. The van der Waals surface area contributed by atoms with Crippen LogP contribution in [0.2, 0.25) is 0 Å². The first-order valence-corrected chi connectivity index (χ1v) is 8.93.